The van der Waals surface area contributed by atoms with Gasteiger partial charge in [0.1, 0.15) is 11.0 Å². The number of thioether (sulfide) groups is 1. The fraction of sp³-hybridized carbons (Fsp3) is 0.158. The van der Waals surface area contributed by atoms with Crippen LogP contribution in [0.15, 0.2) is 58.7 Å². The predicted octanol–water partition coefficient (Wildman–Crippen LogP) is 3.30. The molecule has 0 bridgehead atoms. The molecule has 1 aliphatic heterocycles. The summed E-state index contributed by atoms with van der Waals surface area (Å²) in [5, 5.41) is 13.6. The van der Waals surface area contributed by atoms with E-state index in [1.165, 1.54) is 0 Å². The first kappa shape index (κ1) is 19.9. The molecular weight excluding hydrogens is 400 g/mol. The highest BCUT2D eigenvalue weighted by Gasteiger charge is 2.30. The molecule has 2 amide bonds. The van der Waals surface area contributed by atoms with Gasteiger partial charge in [0.2, 0.25) is 11.8 Å². The molecule has 28 heavy (non-hydrogen) atoms. The first-order valence-corrected chi connectivity index (χ1v) is 9.57. The molecule has 0 aromatic heterocycles. The van der Waals surface area contributed by atoms with Gasteiger partial charge in [-0.05, 0) is 54.1 Å². The van der Waals surface area contributed by atoms with Gasteiger partial charge in [-0.15, -0.1) is 5.10 Å². The molecule has 144 valence electrons. The number of amidine groups is 1. The average Bonchev–Trinajstić information content (AvgIpc) is 2.70. The number of carbonyl (C=O) groups excluding carboxylic acids is 2. The Labute approximate surface area is 171 Å². The summed E-state index contributed by atoms with van der Waals surface area (Å²) < 4.78 is 5.10. The molecule has 2 aromatic carbocycles. The molecule has 3 rings (SSSR count). The molecule has 0 radical (unpaired) electrons. The van der Waals surface area contributed by atoms with Crippen molar-refractivity contribution >= 4 is 52.2 Å². The summed E-state index contributed by atoms with van der Waals surface area (Å²) in [5.74, 6) is 0.176. The highest BCUT2D eigenvalue weighted by atomic mass is 35.5. The highest BCUT2D eigenvalue weighted by molar-refractivity contribution is 8.15. The van der Waals surface area contributed by atoms with Gasteiger partial charge >= 0.3 is 0 Å². The van der Waals surface area contributed by atoms with E-state index >= 15 is 0 Å². The minimum Gasteiger partial charge on any atom is -0.497 e. The van der Waals surface area contributed by atoms with E-state index in [1.807, 2.05) is 24.3 Å². The molecule has 1 heterocycles. The fourth-order valence-electron chi connectivity index (χ4n) is 2.33. The van der Waals surface area contributed by atoms with Crippen LogP contribution in [0.25, 0.3) is 0 Å². The molecule has 0 spiro atoms. The quantitative estimate of drug-likeness (QED) is 0.577. The maximum Gasteiger partial charge on any atom is 0.238 e. The first-order chi connectivity index (χ1) is 13.5. The highest BCUT2D eigenvalue weighted by Crippen LogP contribution is 2.23. The Morgan fingerprint density at radius 3 is 2.64 bits per heavy atom. The van der Waals surface area contributed by atoms with E-state index in [-0.39, 0.29) is 23.4 Å². The lowest BCUT2D eigenvalue weighted by atomic mass is 10.2. The molecule has 1 fully saturated rings. The van der Waals surface area contributed by atoms with Gasteiger partial charge in [-0.25, -0.2) is 0 Å². The number of methoxy groups -OCH3 is 1. The Morgan fingerprint density at radius 1 is 1.25 bits per heavy atom. The number of hydrogen-bond donors (Lipinski definition) is 2. The fourth-order valence-corrected chi connectivity index (χ4v) is 3.40. The summed E-state index contributed by atoms with van der Waals surface area (Å²) in [5.41, 5.74) is 1.44. The number of halogens is 1. The number of nitrogens with zero attached hydrogens (tertiary/aromatic N) is 2. The van der Waals surface area contributed by atoms with E-state index in [0.717, 1.165) is 23.1 Å². The number of nitrogens with one attached hydrogen (secondary N) is 2. The molecule has 2 aromatic rings. The van der Waals surface area contributed by atoms with Crippen LogP contribution in [0.2, 0.25) is 5.02 Å². The molecule has 1 aliphatic rings. The second kappa shape index (κ2) is 9.38. The summed E-state index contributed by atoms with van der Waals surface area (Å²) >= 11 is 6.99. The molecular formula is C19H17ClN4O3S. The number of ether oxygens (including phenoxy) is 1. The van der Waals surface area contributed by atoms with Gasteiger partial charge in [0.05, 0.1) is 13.3 Å². The third-order valence-corrected chi connectivity index (χ3v) is 5.07. The van der Waals surface area contributed by atoms with Crippen LogP contribution in [0, 0.1) is 0 Å². The van der Waals surface area contributed by atoms with Crippen molar-refractivity contribution in [3.05, 3.63) is 59.1 Å². The number of carbonyl (C=O) groups is 2. The van der Waals surface area contributed by atoms with E-state index in [2.05, 4.69) is 20.8 Å². The van der Waals surface area contributed by atoms with Gasteiger partial charge < -0.3 is 15.4 Å². The molecule has 0 unspecified atom stereocenters. The maximum absolute atomic E-state index is 12.4. The largest absolute Gasteiger partial charge is 0.497 e. The number of amides is 2. The van der Waals surface area contributed by atoms with Crippen molar-refractivity contribution in [1.29, 1.82) is 0 Å². The molecule has 2 N–H and O–H groups in total. The Hall–Kier alpha value is -2.84. The normalized spacial score (nSPS) is 18.1. The van der Waals surface area contributed by atoms with Crippen LogP contribution < -0.4 is 15.4 Å². The van der Waals surface area contributed by atoms with Crippen LogP contribution in [0.1, 0.15) is 12.0 Å². The third kappa shape index (κ3) is 5.58. The zero-order chi connectivity index (χ0) is 19.9. The first-order valence-electron chi connectivity index (χ1n) is 8.31. The lowest BCUT2D eigenvalue weighted by molar-refractivity contribution is -0.123. The lowest BCUT2D eigenvalue weighted by Crippen LogP contribution is -2.41. The van der Waals surface area contributed by atoms with Gasteiger partial charge in [-0.2, -0.15) is 5.10 Å². The predicted molar refractivity (Wildman–Crippen MR) is 112 cm³/mol. The Kier molecular flexibility index (Phi) is 6.67. The van der Waals surface area contributed by atoms with Gasteiger partial charge in [-0.1, -0.05) is 23.4 Å². The second-order valence-corrected chi connectivity index (χ2v) is 7.41. The van der Waals surface area contributed by atoms with Crippen LogP contribution in [-0.4, -0.2) is 35.6 Å². The Balaban J connectivity index is 1.63. The van der Waals surface area contributed by atoms with Crippen molar-refractivity contribution in [3.8, 4) is 5.75 Å². The van der Waals surface area contributed by atoms with Crippen LogP contribution >= 0.6 is 23.4 Å². The lowest BCUT2D eigenvalue weighted by Gasteiger charge is -2.21. The number of anilines is 1. The summed E-state index contributed by atoms with van der Waals surface area (Å²) in [7, 11) is 1.59. The van der Waals surface area contributed by atoms with Crippen LogP contribution in [-0.2, 0) is 9.59 Å². The monoisotopic (exact) mass is 416 g/mol. The Morgan fingerprint density at radius 2 is 1.96 bits per heavy atom. The minimum absolute atomic E-state index is 0.0608. The van der Waals surface area contributed by atoms with Crippen LogP contribution in [0.4, 0.5) is 5.69 Å². The SMILES string of the molecule is COc1ccc(C=N/N=C2\NC(=O)C[C@@H](C(=O)Nc3ccc(Cl)cc3)S2)cc1. The van der Waals surface area contributed by atoms with Gasteiger partial charge in [-0.3, -0.25) is 9.59 Å². The van der Waals surface area contributed by atoms with E-state index < -0.39 is 5.25 Å². The van der Waals surface area contributed by atoms with E-state index in [1.54, 1.807) is 37.6 Å². The topological polar surface area (TPSA) is 92.2 Å². The molecule has 9 heteroatoms. The summed E-state index contributed by atoms with van der Waals surface area (Å²) in [6.45, 7) is 0. The smallest absolute Gasteiger partial charge is 0.238 e. The average molecular weight is 417 g/mol. The van der Waals surface area contributed by atoms with Crippen LogP contribution in [0.5, 0.6) is 5.75 Å². The molecule has 0 aliphatic carbocycles. The minimum atomic E-state index is -0.598. The maximum atomic E-state index is 12.4. The number of rotatable bonds is 5. The summed E-state index contributed by atoms with van der Waals surface area (Å²) in [4.78, 5) is 24.4. The van der Waals surface area contributed by atoms with Gasteiger partial charge in [0.25, 0.3) is 0 Å². The van der Waals surface area contributed by atoms with E-state index in [9.17, 15) is 9.59 Å². The molecule has 0 saturated carbocycles. The standard InChI is InChI=1S/C19H17ClN4O3S/c1-27-15-8-2-12(3-9-15)11-21-24-19-23-17(25)10-16(28-19)18(26)22-14-6-4-13(20)5-7-14/h2-9,11,16H,10H2,1H3,(H,22,26)(H,23,24,25)/t16-/m0/s1. The summed E-state index contributed by atoms with van der Waals surface area (Å²) in [6.07, 6.45) is 1.61. The van der Waals surface area contributed by atoms with E-state index in [0.29, 0.717) is 10.7 Å². The van der Waals surface area contributed by atoms with E-state index in [4.69, 9.17) is 16.3 Å². The van der Waals surface area contributed by atoms with Crippen molar-refractivity contribution < 1.29 is 14.3 Å². The second-order valence-electron chi connectivity index (χ2n) is 5.78. The third-order valence-electron chi connectivity index (χ3n) is 3.75. The van der Waals surface area contributed by atoms with Crippen molar-refractivity contribution in [3.63, 3.8) is 0 Å². The van der Waals surface area contributed by atoms with Crippen molar-refractivity contribution in [2.45, 2.75) is 11.7 Å². The zero-order valence-electron chi connectivity index (χ0n) is 14.9. The van der Waals surface area contributed by atoms with Gasteiger partial charge in [0.15, 0.2) is 5.17 Å². The number of hydrogen-bond acceptors (Lipinski definition) is 6. The van der Waals surface area contributed by atoms with Crippen molar-refractivity contribution in [2.24, 2.45) is 10.2 Å². The zero-order valence-corrected chi connectivity index (χ0v) is 16.5. The number of benzene rings is 2. The van der Waals surface area contributed by atoms with Crippen molar-refractivity contribution in [2.75, 3.05) is 12.4 Å². The van der Waals surface area contributed by atoms with Gasteiger partial charge in [0, 0.05) is 17.1 Å². The van der Waals surface area contributed by atoms with Crippen LogP contribution in [0.3, 0.4) is 0 Å². The molecule has 1 atom stereocenters. The van der Waals surface area contributed by atoms with Crippen molar-refractivity contribution in [1.82, 2.24) is 5.32 Å². The molecule has 1 saturated heterocycles. The Bertz CT molecular complexity index is 914. The molecule has 7 nitrogen and oxygen atoms in total. The summed E-state index contributed by atoms with van der Waals surface area (Å²) in [6, 6.07) is 14.0.